The predicted molar refractivity (Wildman–Crippen MR) is 82.4 cm³/mol. The molecular weight excluding hydrogens is 336 g/mol. The highest BCUT2D eigenvalue weighted by molar-refractivity contribution is 9.10. The van der Waals surface area contributed by atoms with Crippen LogP contribution in [0.15, 0.2) is 46.9 Å². The fraction of sp³-hybridized carbons (Fsp3) is 0. The largest absolute Gasteiger partial charge is 0.364 e. The van der Waals surface area contributed by atoms with Gasteiger partial charge in [-0.2, -0.15) is 0 Å². The van der Waals surface area contributed by atoms with Gasteiger partial charge in [0.05, 0.1) is 0 Å². The summed E-state index contributed by atoms with van der Waals surface area (Å²) < 4.78 is 0.889. The van der Waals surface area contributed by atoms with Crippen molar-refractivity contribution in [3.8, 4) is 0 Å². The molecule has 2 rings (SSSR count). The molecule has 1 heterocycles. The predicted octanol–water partition coefficient (Wildman–Crippen LogP) is 1.99. The topological polar surface area (TPSA) is 98.0 Å². The van der Waals surface area contributed by atoms with Gasteiger partial charge in [0.2, 0.25) is 5.91 Å². The van der Waals surface area contributed by atoms with E-state index in [2.05, 4.69) is 31.4 Å². The fourth-order valence-electron chi connectivity index (χ4n) is 1.47. The highest BCUT2D eigenvalue weighted by atomic mass is 79.9. The lowest BCUT2D eigenvalue weighted by Crippen LogP contribution is -2.15. The second-order valence-corrected chi connectivity index (χ2v) is 4.87. The van der Waals surface area contributed by atoms with Crippen molar-refractivity contribution in [3.05, 3.63) is 58.2 Å². The number of halogens is 1. The zero-order chi connectivity index (χ0) is 15.2. The standard InChI is InChI=1S/C14H11BrN4O2/c15-10-4-2-1-3-9(10)5-8-13(20)17-12-7-6-11(14(16)21)18-19-12/h1-8H,(H2,16,21)(H,17,19,20). The minimum Gasteiger partial charge on any atom is -0.364 e. The number of rotatable bonds is 4. The van der Waals surface area contributed by atoms with Crippen LogP contribution in [0.25, 0.3) is 6.08 Å². The van der Waals surface area contributed by atoms with Gasteiger partial charge in [-0.25, -0.2) is 0 Å². The first kappa shape index (κ1) is 14.9. The maximum atomic E-state index is 11.7. The molecule has 0 saturated heterocycles. The molecule has 1 aromatic carbocycles. The average molecular weight is 347 g/mol. The van der Waals surface area contributed by atoms with Crippen molar-refractivity contribution in [2.24, 2.45) is 5.73 Å². The Bertz CT molecular complexity index is 698. The van der Waals surface area contributed by atoms with Crippen molar-refractivity contribution < 1.29 is 9.59 Å². The SMILES string of the molecule is NC(=O)c1ccc(NC(=O)C=Cc2ccccc2Br)nn1. The zero-order valence-corrected chi connectivity index (χ0v) is 12.4. The van der Waals surface area contributed by atoms with E-state index in [1.54, 1.807) is 6.08 Å². The molecule has 0 fully saturated rings. The van der Waals surface area contributed by atoms with Crippen molar-refractivity contribution in [1.29, 1.82) is 0 Å². The molecule has 106 valence electrons. The van der Waals surface area contributed by atoms with Gasteiger partial charge in [0.15, 0.2) is 11.5 Å². The van der Waals surface area contributed by atoms with Crippen LogP contribution in [0.2, 0.25) is 0 Å². The molecule has 0 saturated carbocycles. The van der Waals surface area contributed by atoms with Crippen LogP contribution in [0.4, 0.5) is 5.82 Å². The number of carbonyl (C=O) groups is 2. The lowest BCUT2D eigenvalue weighted by Gasteiger charge is -2.01. The molecule has 2 amide bonds. The van der Waals surface area contributed by atoms with Gasteiger partial charge in [-0.05, 0) is 29.8 Å². The second-order valence-electron chi connectivity index (χ2n) is 4.01. The van der Waals surface area contributed by atoms with Crippen LogP contribution in [-0.4, -0.2) is 22.0 Å². The summed E-state index contributed by atoms with van der Waals surface area (Å²) >= 11 is 3.39. The summed E-state index contributed by atoms with van der Waals surface area (Å²) in [6, 6.07) is 10.4. The summed E-state index contributed by atoms with van der Waals surface area (Å²) in [6.07, 6.45) is 3.05. The Balaban J connectivity index is 2.02. The number of primary amides is 1. The fourth-order valence-corrected chi connectivity index (χ4v) is 1.89. The van der Waals surface area contributed by atoms with E-state index in [9.17, 15) is 9.59 Å². The van der Waals surface area contributed by atoms with Gasteiger partial charge in [0, 0.05) is 10.5 Å². The van der Waals surface area contributed by atoms with Gasteiger partial charge < -0.3 is 11.1 Å². The zero-order valence-electron chi connectivity index (χ0n) is 10.8. The Labute approximate surface area is 129 Å². The number of nitrogens with two attached hydrogens (primary N) is 1. The Morgan fingerprint density at radius 1 is 1.14 bits per heavy atom. The number of hydrogen-bond donors (Lipinski definition) is 2. The minimum absolute atomic E-state index is 0.0387. The van der Waals surface area contributed by atoms with E-state index in [0.717, 1.165) is 10.0 Å². The van der Waals surface area contributed by atoms with Crippen LogP contribution in [0, 0.1) is 0 Å². The number of benzene rings is 1. The molecule has 2 aromatic rings. The lowest BCUT2D eigenvalue weighted by molar-refractivity contribution is -0.111. The second kappa shape index (κ2) is 6.76. The summed E-state index contributed by atoms with van der Waals surface area (Å²) in [5, 5.41) is 9.81. The van der Waals surface area contributed by atoms with Crippen molar-refractivity contribution in [2.75, 3.05) is 5.32 Å². The molecule has 3 N–H and O–H groups in total. The molecule has 0 aliphatic carbocycles. The van der Waals surface area contributed by atoms with E-state index in [4.69, 9.17) is 5.73 Å². The van der Waals surface area contributed by atoms with Crippen LogP contribution in [0.3, 0.4) is 0 Å². The van der Waals surface area contributed by atoms with Gasteiger partial charge in [-0.15, -0.1) is 10.2 Å². The highest BCUT2D eigenvalue weighted by Crippen LogP contribution is 2.17. The van der Waals surface area contributed by atoms with E-state index in [1.807, 2.05) is 24.3 Å². The molecule has 0 radical (unpaired) electrons. The van der Waals surface area contributed by atoms with Gasteiger partial charge in [0.1, 0.15) is 0 Å². The van der Waals surface area contributed by atoms with Crippen LogP contribution in [0.5, 0.6) is 0 Å². The molecule has 0 bridgehead atoms. The Morgan fingerprint density at radius 3 is 2.52 bits per heavy atom. The third-order valence-corrected chi connectivity index (χ3v) is 3.21. The number of nitrogens with one attached hydrogen (secondary N) is 1. The summed E-state index contributed by atoms with van der Waals surface area (Å²) in [5.74, 6) is -0.789. The number of anilines is 1. The third kappa shape index (κ3) is 4.22. The van der Waals surface area contributed by atoms with Crippen LogP contribution >= 0.6 is 15.9 Å². The monoisotopic (exact) mass is 346 g/mol. The summed E-state index contributed by atoms with van der Waals surface area (Å²) in [7, 11) is 0. The van der Waals surface area contributed by atoms with Crippen LogP contribution in [0.1, 0.15) is 16.1 Å². The average Bonchev–Trinajstić information content (AvgIpc) is 2.47. The molecule has 0 atom stereocenters. The van der Waals surface area contributed by atoms with Crippen molar-refractivity contribution in [3.63, 3.8) is 0 Å². The van der Waals surface area contributed by atoms with Gasteiger partial charge in [-0.1, -0.05) is 34.1 Å². The molecule has 0 aliphatic heterocycles. The molecule has 0 spiro atoms. The maximum absolute atomic E-state index is 11.7. The lowest BCUT2D eigenvalue weighted by atomic mass is 10.2. The molecule has 0 aliphatic rings. The van der Waals surface area contributed by atoms with Gasteiger partial charge >= 0.3 is 0 Å². The number of carbonyl (C=O) groups excluding carboxylic acids is 2. The number of hydrogen-bond acceptors (Lipinski definition) is 4. The van der Waals surface area contributed by atoms with Crippen molar-refractivity contribution >= 4 is 39.6 Å². The van der Waals surface area contributed by atoms with Crippen LogP contribution in [-0.2, 0) is 4.79 Å². The third-order valence-electron chi connectivity index (χ3n) is 2.49. The first-order chi connectivity index (χ1) is 10.1. The van der Waals surface area contributed by atoms with E-state index in [1.165, 1.54) is 18.2 Å². The molecule has 6 nitrogen and oxygen atoms in total. The minimum atomic E-state index is -0.672. The van der Waals surface area contributed by atoms with Gasteiger partial charge in [0.25, 0.3) is 5.91 Å². The van der Waals surface area contributed by atoms with E-state index in [-0.39, 0.29) is 17.4 Å². The molecule has 1 aromatic heterocycles. The van der Waals surface area contributed by atoms with Gasteiger partial charge in [-0.3, -0.25) is 9.59 Å². The number of amides is 2. The molecular formula is C14H11BrN4O2. The first-order valence-corrected chi connectivity index (χ1v) is 6.72. The first-order valence-electron chi connectivity index (χ1n) is 5.93. The molecule has 21 heavy (non-hydrogen) atoms. The van der Waals surface area contributed by atoms with Crippen molar-refractivity contribution in [2.45, 2.75) is 0 Å². The maximum Gasteiger partial charge on any atom is 0.269 e. The summed E-state index contributed by atoms with van der Waals surface area (Å²) in [6.45, 7) is 0. The van der Waals surface area contributed by atoms with Crippen LogP contribution < -0.4 is 11.1 Å². The molecule has 0 unspecified atom stereocenters. The molecule has 7 heteroatoms. The number of aromatic nitrogens is 2. The van der Waals surface area contributed by atoms with E-state index in [0.29, 0.717) is 0 Å². The quantitative estimate of drug-likeness (QED) is 0.827. The van der Waals surface area contributed by atoms with E-state index >= 15 is 0 Å². The Kier molecular flexibility index (Phi) is 4.78. The smallest absolute Gasteiger partial charge is 0.269 e. The summed E-state index contributed by atoms with van der Waals surface area (Å²) in [4.78, 5) is 22.6. The van der Waals surface area contributed by atoms with E-state index < -0.39 is 5.91 Å². The Morgan fingerprint density at radius 2 is 1.90 bits per heavy atom. The number of nitrogens with zero attached hydrogens (tertiary/aromatic N) is 2. The Hall–Kier alpha value is -2.54. The normalized spacial score (nSPS) is 10.5. The summed E-state index contributed by atoms with van der Waals surface area (Å²) in [5.41, 5.74) is 5.96. The highest BCUT2D eigenvalue weighted by Gasteiger charge is 2.04. The van der Waals surface area contributed by atoms with Crippen molar-refractivity contribution in [1.82, 2.24) is 10.2 Å².